The van der Waals surface area contributed by atoms with Crippen molar-refractivity contribution < 1.29 is 4.74 Å². The number of aromatic nitrogens is 3. The van der Waals surface area contributed by atoms with Gasteiger partial charge in [-0.05, 0) is 24.6 Å². The first kappa shape index (κ1) is 15.9. The summed E-state index contributed by atoms with van der Waals surface area (Å²) >= 11 is 0. The molecule has 0 radical (unpaired) electrons. The van der Waals surface area contributed by atoms with Gasteiger partial charge in [-0.15, -0.1) is 0 Å². The van der Waals surface area contributed by atoms with Crippen LogP contribution in [0.1, 0.15) is 23.2 Å². The van der Waals surface area contributed by atoms with E-state index in [4.69, 9.17) is 4.74 Å². The molecule has 1 N–H and O–H groups in total. The summed E-state index contributed by atoms with van der Waals surface area (Å²) in [5.74, 6) is 0.614. The minimum Gasteiger partial charge on any atom is -0.369 e. The molecule has 0 saturated carbocycles. The fourth-order valence-corrected chi connectivity index (χ4v) is 3.33. The molecular weight excluding hydrogens is 316 g/mol. The van der Waals surface area contributed by atoms with Crippen molar-refractivity contribution in [3.63, 3.8) is 0 Å². The van der Waals surface area contributed by atoms with Crippen molar-refractivity contribution in [3.05, 3.63) is 70.0 Å². The molecule has 6 heteroatoms. The number of nitrogens with one attached hydrogen (secondary N) is 1. The molecule has 4 rings (SSSR count). The Hall–Kier alpha value is -2.57. The number of pyridine rings is 1. The van der Waals surface area contributed by atoms with Gasteiger partial charge in [0.05, 0.1) is 17.8 Å². The maximum Gasteiger partial charge on any atom is 0.251 e. The average molecular weight is 336 g/mol. The number of rotatable bonds is 3. The van der Waals surface area contributed by atoms with E-state index >= 15 is 0 Å². The lowest BCUT2D eigenvalue weighted by Crippen LogP contribution is -2.38. The SMILES string of the molecule is Cc1nc([C@@H]2CN(Cc3ccnc4ccccc34)CCO2)cc(=O)[nH]1. The van der Waals surface area contributed by atoms with Crippen molar-refractivity contribution in [2.75, 3.05) is 19.7 Å². The fraction of sp³-hybridized carbons (Fsp3) is 0.316. The number of hydrogen-bond donors (Lipinski definition) is 1. The molecule has 1 saturated heterocycles. The van der Waals surface area contributed by atoms with Crippen molar-refractivity contribution in [2.24, 2.45) is 0 Å². The van der Waals surface area contributed by atoms with E-state index in [1.807, 2.05) is 24.4 Å². The van der Waals surface area contributed by atoms with Gasteiger partial charge in [0.15, 0.2) is 0 Å². The zero-order valence-corrected chi connectivity index (χ0v) is 14.1. The van der Waals surface area contributed by atoms with Crippen molar-refractivity contribution in [1.29, 1.82) is 0 Å². The number of H-pyrrole nitrogens is 1. The molecule has 25 heavy (non-hydrogen) atoms. The predicted octanol–water partition coefficient (Wildman–Crippen LogP) is 2.20. The molecule has 1 aliphatic rings. The van der Waals surface area contributed by atoms with Crippen LogP contribution in [0.2, 0.25) is 0 Å². The van der Waals surface area contributed by atoms with Gasteiger partial charge in [-0.3, -0.25) is 14.7 Å². The standard InChI is InChI=1S/C19H20N4O2/c1-13-21-17(10-19(24)22-13)18-12-23(8-9-25-18)11-14-6-7-20-16-5-3-2-4-15(14)16/h2-7,10,18H,8-9,11-12H2,1H3,(H,21,22,24)/t18-/m0/s1. The van der Waals surface area contributed by atoms with Crippen LogP contribution in [0.4, 0.5) is 0 Å². The summed E-state index contributed by atoms with van der Waals surface area (Å²) in [5.41, 5.74) is 2.83. The maximum absolute atomic E-state index is 11.7. The molecular formula is C19H20N4O2. The number of benzene rings is 1. The Kier molecular flexibility index (Phi) is 4.29. The minimum atomic E-state index is -0.178. The third-order valence-corrected chi connectivity index (χ3v) is 4.49. The quantitative estimate of drug-likeness (QED) is 0.794. The molecule has 1 aliphatic heterocycles. The van der Waals surface area contributed by atoms with E-state index in [1.165, 1.54) is 17.0 Å². The van der Waals surface area contributed by atoms with Crippen LogP contribution in [0.3, 0.4) is 0 Å². The van der Waals surface area contributed by atoms with Crippen LogP contribution in [-0.4, -0.2) is 39.5 Å². The van der Waals surface area contributed by atoms with E-state index in [-0.39, 0.29) is 11.7 Å². The van der Waals surface area contributed by atoms with Gasteiger partial charge in [0.2, 0.25) is 0 Å². The van der Waals surface area contributed by atoms with Gasteiger partial charge in [-0.25, -0.2) is 4.98 Å². The van der Waals surface area contributed by atoms with Crippen molar-refractivity contribution >= 4 is 10.9 Å². The lowest BCUT2D eigenvalue weighted by atomic mass is 10.1. The van der Waals surface area contributed by atoms with Crippen LogP contribution in [0.15, 0.2) is 47.4 Å². The summed E-state index contributed by atoms with van der Waals surface area (Å²) in [4.78, 5) is 25.6. The predicted molar refractivity (Wildman–Crippen MR) is 95.3 cm³/mol. The monoisotopic (exact) mass is 336 g/mol. The van der Waals surface area contributed by atoms with E-state index in [9.17, 15) is 4.79 Å². The van der Waals surface area contributed by atoms with Crippen molar-refractivity contribution in [2.45, 2.75) is 19.6 Å². The second-order valence-electron chi connectivity index (χ2n) is 6.34. The van der Waals surface area contributed by atoms with Gasteiger partial charge in [-0.2, -0.15) is 0 Å². The Morgan fingerprint density at radius 3 is 3.08 bits per heavy atom. The van der Waals surface area contributed by atoms with Crippen LogP contribution >= 0.6 is 0 Å². The van der Waals surface area contributed by atoms with E-state index < -0.39 is 0 Å². The van der Waals surface area contributed by atoms with Crippen LogP contribution < -0.4 is 5.56 Å². The first-order valence-corrected chi connectivity index (χ1v) is 8.43. The molecule has 0 amide bonds. The lowest BCUT2D eigenvalue weighted by molar-refractivity contribution is -0.0350. The highest BCUT2D eigenvalue weighted by molar-refractivity contribution is 5.81. The molecule has 0 spiro atoms. The Balaban J connectivity index is 1.56. The van der Waals surface area contributed by atoms with Crippen LogP contribution in [-0.2, 0) is 11.3 Å². The average Bonchev–Trinajstić information content (AvgIpc) is 2.61. The Morgan fingerprint density at radius 1 is 1.32 bits per heavy atom. The topological polar surface area (TPSA) is 71.1 Å². The zero-order chi connectivity index (χ0) is 17.2. The van der Waals surface area contributed by atoms with Crippen LogP contribution in [0, 0.1) is 6.92 Å². The normalized spacial score (nSPS) is 18.5. The lowest BCUT2D eigenvalue weighted by Gasteiger charge is -2.32. The maximum atomic E-state index is 11.7. The molecule has 128 valence electrons. The summed E-state index contributed by atoms with van der Waals surface area (Å²) in [6, 6.07) is 11.8. The van der Waals surface area contributed by atoms with Crippen LogP contribution in [0.25, 0.3) is 10.9 Å². The number of hydrogen-bond acceptors (Lipinski definition) is 5. The molecule has 1 aromatic carbocycles. The molecule has 1 fully saturated rings. The second kappa shape index (κ2) is 6.74. The molecule has 1 atom stereocenters. The number of fused-ring (bicyclic) bond motifs is 1. The van der Waals surface area contributed by atoms with Gasteiger partial charge < -0.3 is 9.72 Å². The summed E-state index contributed by atoms with van der Waals surface area (Å²) in [5, 5.41) is 1.18. The summed E-state index contributed by atoms with van der Waals surface area (Å²) < 4.78 is 5.86. The molecule has 6 nitrogen and oxygen atoms in total. The Bertz CT molecular complexity index is 948. The second-order valence-corrected chi connectivity index (χ2v) is 6.34. The number of nitrogens with zero attached hydrogens (tertiary/aromatic N) is 3. The molecule has 3 aromatic rings. The highest BCUT2D eigenvalue weighted by Gasteiger charge is 2.24. The smallest absolute Gasteiger partial charge is 0.251 e. The molecule has 3 heterocycles. The number of para-hydroxylation sites is 1. The Morgan fingerprint density at radius 2 is 2.20 bits per heavy atom. The molecule has 0 unspecified atom stereocenters. The Labute approximate surface area is 145 Å². The van der Waals surface area contributed by atoms with Gasteiger partial charge in [0.25, 0.3) is 5.56 Å². The molecule has 0 bridgehead atoms. The first-order chi connectivity index (χ1) is 12.2. The van der Waals surface area contributed by atoms with Crippen molar-refractivity contribution in [1.82, 2.24) is 19.9 Å². The number of ether oxygens (including phenoxy) is 1. The first-order valence-electron chi connectivity index (χ1n) is 8.43. The molecule has 2 aromatic heterocycles. The van der Waals surface area contributed by atoms with Gasteiger partial charge >= 0.3 is 0 Å². The summed E-state index contributed by atoms with van der Waals surface area (Å²) in [6.45, 7) is 4.81. The van der Waals surface area contributed by atoms with Gasteiger partial charge in [-0.1, -0.05) is 18.2 Å². The third kappa shape index (κ3) is 3.45. The van der Waals surface area contributed by atoms with E-state index in [0.717, 1.165) is 18.6 Å². The van der Waals surface area contributed by atoms with Gasteiger partial charge in [0.1, 0.15) is 11.9 Å². The zero-order valence-electron chi connectivity index (χ0n) is 14.1. The van der Waals surface area contributed by atoms with Gasteiger partial charge in [0, 0.05) is 37.3 Å². The summed E-state index contributed by atoms with van der Waals surface area (Å²) in [6.07, 6.45) is 1.68. The number of aryl methyl sites for hydroxylation is 1. The van der Waals surface area contributed by atoms with Crippen molar-refractivity contribution in [3.8, 4) is 0 Å². The summed E-state index contributed by atoms with van der Waals surface area (Å²) in [7, 11) is 0. The third-order valence-electron chi connectivity index (χ3n) is 4.49. The fourth-order valence-electron chi connectivity index (χ4n) is 3.33. The highest BCUT2D eigenvalue weighted by atomic mass is 16.5. The number of aromatic amines is 1. The minimum absolute atomic E-state index is 0.136. The number of morpholine rings is 1. The largest absolute Gasteiger partial charge is 0.369 e. The van der Waals surface area contributed by atoms with E-state index in [1.54, 1.807) is 6.92 Å². The van der Waals surface area contributed by atoms with Crippen LogP contribution in [0.5, 0.6) is 0 Å². The highest BCUT2D eigenvalue weighted by Crippen LogP contribution is 2.23. The molecule has 0 aliphatic carbocycles. The van der Waals surface area contributed by atoms with E-state index in [2.05, 4.69) is 32.0 Å². The van der Waals surface area contributed by atoms with E-state index in [0.29, 0.717) is 24.7 Å².